The summed E-state index contributed by atoms with van der Waals surface area (Å²) in [5.74, 6) is 5.87. The number of furan rings is 1. The van der Waals surface area contributed by atoms with Crippen LogP contribution in [0.5, 0.6) is 0 Å². The summed E-state index contributed by atoms with van der Waals surface area (Å²) in [6, 6.07) is 4.16. The van der Waals surface area contributed by atoms with Gasteiger partial charge in [0.15, 0.2) is 0 Å². The molecule has 0 spiro atoms. The smallest absolute Gasteiger partial charge is 0.139 e. The summed E-state index contributed by atoms with van der Waals surface area (Å²) in [7, 11) is 0. The summed E-state index contributed by atoms with van der Waals surface area (Å²) < 4.78 is 8.10. The molecule has 2 aromatic heterocycles. The van der Waals surface area contributed by atoms with Gasteiger partial charge in [-0.2, -0.15) is 16.9 Å². The maximum atomic E-state index is 13.4. The minimum Gasteiger partial charge on any atom is -0.463 e. The molecule has 0 aromatic carbocycles. The van der Waals surface area contributed by atoms with Crippen molar-refractivity contribution in [3.05, 3.63) is 46.7 Å². The fourth-order valence-corrected chi connectivity index (χ4v) is 10.3. The van der Waals surface area contributed by atoms with Crippen molar-refractivity contribution in [3.63, 3.8) is 0 Å². The second-order valence-electron chi connectivity index (χ2n) is 13.6. The molecule has 212 valence electrons. The summed E-state index contributed by atoms with van der Waals surface area (Å²) in [5.41, 5.74) is 3.26. The molecule has 0 unspecified atom stereocenters. The molecule has 1 N–H and O–H groups in total. The van der Waals surface area contributed by atoms with Gasteiger partial charge in [-0.15, -0.1) is 0 Å². The van der Waals surface area contributed by atoms with Gasteiger partial charge in [0.05, 0.1) is 24.1 Å². The molecule has 0 aliphatic heterocycles. The lowest BCUT2D eigenvalue weighted by atomic mass is 9.44. The first-order valence-corrected chi connectivity index (χ1v) is 16.3. The Kier molecular flexibility index (Phi) is 6.77. The number of carbonyl (C=O) groups excluding carboxylic acids is 1. The molecule has 3 saturated carbocycles. The normalized spacial score (nSPS) is 38.9. The summed E-state index contributed by atoms with van der Waals surface area (Å²) in [6.07, 6.45) is 9.66. The molecule has 2 heterocycles. The van der Waals surface area contributed by atoms with Crippen LogP contribution in [0, 0.1) is 39.9 Å². The van der Waals surface area contributed by atoms with Crippen LogP contribution >= 0.6 is 11.8 Å². The third-order valence-electron chi connectivity index (χ3n) is 12.0. The van der Waals surface area contributed by atoms with E-state index in [0.29, 0.717) is 36.5 Å². The zero-order valence-electron chi connectivity index (χ0n) is 24.6. The van der Waals surface area contributed by atoms with Crippen LogP contribution in [0.15, 0.2) is 28.3 Å². The maximum Gasteiger partial charge on any atom is 0.139 e. The van der Waals surface area contributed by atoms with Crippen LogP contribution in [0.2, 0.25) is 0 Å². The van der Waals surface area contributed by atoms with Crippen molar-refractivity contribution < 1.29 is 14.3 Å². The quantitative estimate of drug-likeness (QED) is 0.396. The van der Waals surface area contributed by atoms with Crippen molar-refractivity contribution >= 4 is 23.6 Å². The lowest BCUT2D eigenvalue weighted by molar-refractivity contribution is -0.158. The van der Waals surface area contributed by atoms with Crippen molar-refractivity contribution in [1.29, 1.82) is 0 Å². The highest BCUT2D eigenvalue weighted by Gasteiger charge is 2.68. The first-order chi connectivity index (χ1) is 18.5. The average Bonchev–Trinajstić information content (AvgIpc) is 3.56. The standard InChI is InChI=1S/C33H46N2O3S/c1-7-29(37)33(6)20(3)13-26-25-12-9-22-14-27-21(15-31(22,4)30(25)28(36)16-32(26,33)5)17-35(34-27)18-23-10-11-24(38-23)19-39-8-2/h10-11,14,17,20,25-26,28,30,36H,7-9,12-13,15-16,18-19H2,1-6H3/t20-,25+,26+,28+,30-,31+,32+,33-/m1/s1. The van der Waals surface area contributed by atoms with E-state index in [1.165, 1.54) is 11.1 Å². The number of rotatable bonds is 7. The number of carbonyl (C=O) groups is 1. The fourth-order valence-electron chi connectivity index (χ4n) is 9.79. The summed E-state index contributed by atoms with van der Waals surface area (Å²) >= 11 is 1.87. The van der Waals surface area contributed by atoms with E-state index in [4.69, 9.17) is 9.52 Å². The minimum atomic E-state index is -0.390. The summed E-state index contributed by atoms with van der Waals surface area (Å²) in [6.45, 7) is 14.1. The Balaban J connectivity index is 1.27. The van der Waals surface area contributed by atoms with Crippen molar-refractivity contribution in [2.75, 3.05) is 5.75 Å². The average molecular weight is 551 g/mol. The van der Waals surface area contributed by atoms with Gasteiger partial charge in [0.2, 0.25) is 0 Å². The highest BCUT2D eigenvalue weighted by molar-refractivity contribution is 7.98. The van der Waals surface area contributed by atoms with Gasteiger partial charge in [-0.1, -0.05) is 47.1 Å². The number of ketones is 1. The number of thioether (sulfide) groups is 1. The Bertz CT molecular complexity index is 1290. The number of aliphatic hydroxyl groups is 1. The van der Waals surface area contributed by atoms with Crippen molar-refractivity contribution in [2.45, 2.75) is 98.5 Å². The Labute approximate surface area is 238 Å². The zero-order chi connectivity index (χ0) is 27.7. The monoisotopic (exact) mass is 550 g/mol. The largest absolute Gasteiger partial charge is 0.463 e. The third kappa shape index (κ3) is 3.98. The van der Waals surface area contributed by atoms with Gasteiger partial charge in [-0.25, -0.2) is 0 Å². The second-order valence-corrected chi connectivity index (χ2v) is 14.9. The van der Waals surface area contributed by atoms with Gasteiger partial charge >= 0.3 is 0 Å². The molecule has 6 heteroatoms. The number of hydrogen-bond donors (Lipinski definition) is 1. The lowest BCUT2D eigenvalue weighted by Gasteiger charge is -2.61. The molecule has 6 rings (SSSR count). The Morgan fingerprint density at radius 1 is 1.23 bits per heavy atom. The van der Waals surface area contributed by atoms with Gasteiger partial charge in [0.25, 0.3) is 0 Å². The van der Waals surface area contributed by atoms with Crippen LogP contribution in [0.1, 0.15) is 96.4 Å². The second kappa shape index (κ2) is 9.65. The van der Waals surface area contributed by atoms with E-state index < -0.39 is 6.10 Å². The van der Waals surface area contributed by atoms with Crippen LogP contribution in [-0.4, -0.2) is 32.5 Å². The van der Waals surface area contributed by atoms with E-state index in [-0.39, 0.29) is 22.2 Å². The number of Topliss-reactive ketones (excluding diaryl/α,β-unsaturated/α-hetero) is 1. The molecule has 0 amide bonds. The number of hydrogen-bond acceptors (Lipinski definition) is 5. The van der Waals surface area contributed by atoms with Crippen LogP contribution < -0.4 is 0 Å². The van der Waals surface area contributed by atoms with E-state index in [2.05, 4.69) is 59.0 Å². The van der Waals surface area contributed by atoms with Crippen LogP contribution in [-0.2, 0) is 23.5 Å². The number of aromatic nitrogens is 2. The Hall–Kier alpha value is -1.79. The zero-order valence-corrected chi connectivity index (χ0v) is 25.4. The third-order valence-corrected chi connectivity index (χ3v) is 12.9. The molecule has 0 saturated heterocycles. The van der Waals surface area contributed by atoms with Gasteiger partial charge in [-0.05, 0) is 96.1 Å². The molecule has 4 aliphatic carbocycles. The van der Waals surface area contributed by atoms with Crippen molar-refractivity contribution in [3.8, 4) is 0 Å². The SMILES string of the molecule is CCSCc1ccc(Cn2cc3c(n2)C=C2CC[C@@H]4[C@H]([C@@H](O)C[C@@]5(C)[C@H]4C[C@@H](C)[C@]5(C)C(=O)CC)[C@@]2(C)C3)o1. The highest BCUT2D eigenvalue weighted by Crippen LogP contribution is 2.71. The van der Waals surface area contributed by atoms with Gasteiger partial charge in [-0.3, -0.25) is 9.48 Å². The van der Waals surface area contributed by atoms with Crippen LogP contribution in [0.3, 0.4) is 0 Å². The topological polar surface area (TPSA) is 68.3 Å². The first kappa shape index (κ1) is 27.4. The molecule has 39 heavy (non-hydrogen) atoms. The summed E-state index contributed by atoms with van der Waals surface area (Å²) in [4.78, 5) is 13.4. The Morgan fingerprint density at radius 2 is 2.00 bits per heavy atom. The van der Waals surface area contributed by atoms with Crippen molar-refractivity contribution in [1.82, 2.24) is 9.78 Å². The number of nitrogens with zero attached hydrogens (tertiary/aromatic N) is 2. The molecule has 5 nitrogen and oxygen atoms in total. The molecule has 4 aliphatic rings. The van der Waals surface area contributed by atoms with E-state index in [0.717, 1.165) is 60.8 Å². The molecular weight excluding hydrogens is 504 g/mol. The minimum absolute atomic E-state index is 0.0727. The number of aliphatic hydroxyl groups excluding tert-OH is 1. The van der Waals surface area contributed by atoms with Crippen molar-refractivity contribution in [2.24, 2.45) is 39.9 Å². The molecule has 0 radical (unpaired) electrons. The van der Waals surface area contributed by atoms with Crippen LogP contribution in [0.4, 0.5) is 0 Å². The van der Waals surface area contributed by atoms with Crippen LogP contribution in [0.25, 0.3) is 6.08 Å². The maximum absolute atomic E-state index is 13.4. The van der Waals surface area contributed by atoms with Gasteiger partial charge in [0, 0.05) is 18.0 Å². The van der Waals surface area contributed by atoms with E-state index in [1.807, 2.05) is 23.4 Å². The Morgan fingerprint density at radius 3 is 2.74 bits per heavy atom. The molecule has 2 aromatic rings. The molecule has 0 bridgehead atoms. The predicted octanol–water partition coefficient (Wildman–Crippen LogP) is 7.16. The number of fused-ring (bicyclic) bond motifs is 6. The fraction of sp³-hybridized carbons (Fsp3) is 0.697. The van der Waals surface area contributed by atoms with Gasteiger partial charge < -0.3 is 9.52 Å². The van der Waals surface area contributed by atoms with Gasteiger partial charge in [0.1, 0.15) is 17.3 Å². The van der Waals surface area contributed by atoms with E-state index in [9.17, 15) is 9.90 Å². The molecule has 8 atom stereocenters. The van der Waals surface area contributed by atoms with E-state index in [1.54, 1.807) is 0 Å². The lowest BCUT2D eigenvalue weighted by Crippen LogP contribution is -2.59. The molecular formula is C33H46N2O3S. The predicted molar refractivity (Wildman–Crippen MR) is 157 cm³/mol. The first-order valence-electron chi connectivity index (χ1n) is 15.2. The molecule has 3 fully saturated rings. The summed E-state index contributed by atoms with van der Waals surface area (Å²) in [5, 5.41) is 16.9. The van der Waals surface area contributed by atoms with E-state index >= 15 is 0 Å². The number of allylic oxidation sites excluding steroid dienone is 1. The highest BCUT2D eigenvalue weighted by atomic mass is 32.2.